The Morgan fingerprint density at radius 1 is 0.848 bits per heavy atom. The SMILES string of the molecule is CN1CCN(c2ccc(N=Cc3c(O)[nH]c(=O)c4ccc(N5CCCCC5)cc34)cc2)CC1. The Bertz CT molecular complexity index is 1200. The van der Waals surface area contributed by atoms with E-state index in [0.29, 0.717) is 10.9 Å². The fraction of sp³-hybridized carbons (Fsp3) is 0.385. The molecule has 2 N–H and O–H groups in total. The average Bonchev–Trinajstić information content (AvgIpc) is 2.85. The van der Waals surface area contributed by atoms with Crippen molar-refractivity contribution in [2.75, 3.05) is 56.1 Å². The molecule has 3 aromatic rings. The second-order valence-corrected chi connectivity index (χ2v) is 9.06. The normalized spacial score (nSPS) is 17.8. The lowest BCUT2D eigenvalue weighted by Gasteiger charge is -2.34. The maximum Gasteiger partial charge on any atom is 0.258 e. The Morgan fingerprint density at radius 2 is 1.52 bits per heavy atom. The minimum atomic E-state index is -0.290. The molecular weight excluding hydrogens is 414 g/mol. The molecule has 2 saturated heterocycles. The number of nitrogens with one attached hydrogen (secondary N) is 1. The molecule has 172 valence electrons. The van der Waals surface area contributed by atoms with E-state index < -0.39 is 0 Å². The molecule has 2 aliphatic rings. The summed E-state index contributed by atoms with van der Waals surface area (Å²) in [5.74, 6) is -0.152. The number of nitrogens with zero attached hydrogens (tertiary/aromatic N) is 4. The van der Waals surface area contributed by atoms with Crippen molar-refractivity contribution in [2.45, 2.75) is 19.3 Å². The number of piperazine rings is 1. The van der Waals surface area contributed by atoms with Crippen LogP contribution in [0.4, 0.5) is 17.1 Å². The van der Waals surface area contributed by atoms with Crippen LogP contribution in [0.5, 0.6) is 5.88 Å². The number of hydrogen-bond donors (Lipinski definition) is 2. The Labute approximate surface area is 194 Å². The lowest BCUT2D eigenvalue weighted by molar-refractivity contribution is 0.313. The van der Waals surface area contributed by atoms with E-state index >= 15 is 0 Å². The maximum atomic E-state index is 12.4. The van der Waals surface area contributed by atoms with Gasteiger partial charge in [-0.1, -0.05) is 0 Å². The van der Waals surface area contributed by atoms with Gasteiger partial charge < -0.3 is 19.8 Å². The fourth-order valence-electron chi connectivity index (χ4n) is 4.76. The third kappa shape index (κ3) is 4.59. The second-order valence-electron chi connectivity index (χ2n) is 9.06. The highest BCUT2D eigenvalue weighted by molar-refractivity contribution is 6.03. The van der Waals surface area contributed by atoms with E-state index in [9.17, 15) is 9.90 Å². The number of aromatic amines is 1. The first-order valence-corrected chi connectivity index (χ1v) is 11.8. The molecule has 0 unspecified atom stereocenters. The molecular formula is C26H31N5O2. The summed E-state index contributed by atoms with van der Waals surface area (Å²) in [4.78, 5) is 26.7. The van der Waals surface area contributed by atoms with Crippen LogP contribution in [0.3, 0.4) is 0 Å². The second kappa shape index (κ2) is 9.27. The van der Waals surface area contributed by atoms with Crippen molar-refractivity contribution in [1.82, 2.24) is 9.88 Å². The van der Waals surface area contributed by atoms with Crippen molar-refractivity contribution < 1.29 is 5.11 Å². The van der Waals surface area contributed by atoms with E-state index in [2.05, 4.69) is 43.9 Å². The molecule has 0 amide bonds. The number of fused-ring (bicyclic) bond motifs is 1. The number of hydrogen-bond acceptors (Lipinski definition) is 6. The van der Waals surface area contributed by atoms with Crippen LogP contribution in [0.1, 0.15) is 24.8 Å². The van der Waals surface area contributed by atoms with Gasteiger partial charge in [-0.15, -0.1) is 0 Å². The zero-order valence-electron chi connectivity index (χ0n) is 19.1. The van der Waals surface area contributed by atoms with Gasteiger partial charge >= 0.3 is 0 Å². The number of anilines is 2. The topological polar surface area (TPSA) is 75.2 Å². The van der Waals surface area contributed by atoms with Crippen LogP contribution in [0.25, 0.3) is 10.8 Å². The summed E-state index contributed by atoms with van der Waals surface area (Å²) in [6, 6.07) is 14.0. The molecule has 2 aliphatic heterocycles. The number of aromatic nitrogens is 1. The number of H-pyrrole nitrogens is 1. The first-order chi connectivity index (χ1) is 16.1. The van der Waals surface area contributed by atoms with Crippen LogP contribution in [0, 0.1) is 0 Å². The molecule has 2 fully saturated rings. The van der Waals surface area contributed by atoms with Gasteiger partial charge in [0.2, 0.25) is 5.88 Å². The Kier molecular flexibility index (Phi) is 6.05. The summed E-state index contributed by atoms with van der Waals surface area (Å²) in [6.07, 6.45) is 5.27. The minimum Gasteiger partial charge on any atom is -0.494 e. The lowest BCUT2D eigenvalue weighted by atomic mass is 10.0. The molecule has 0 bridgehead atoms. The van der Waals surface area contributed by atoms with Crippen molar-refractivity contribution in [3.63, 3.8) is 0 Å². The number of rotatable bonds is 4. The van der Waals surface area contributed by atoms with Gasteiger partial charge in [0.1, 0.15) is 0 Å². The van der Waals surface area contributed by atoms with Crippen LogP contribution >= 0.6 is 0 Å². The van der Waals surface area contributed by atoms with Crippen LogP contribution in [-0.4, -0.2) is 67.5 Å². The molecule has 0 aliphatic carbocycles. The largest absolute Gasteiger partial charge is 0.494 e. The Hall–Kier alpha value is -3.32. The molecule has 1 aromatic heterocycles. The van der Waals surface area contributed by atoms with Gasteiger partial charge in [0, 0.05) is 67.6 Å². The van der Waals surface area contributed by atoms with Gasteiger partial charge in [-0.3, -0.25) is 14.8 Å². The molecule has 7 heteroatoms. The van der Waals surface area contributed by atoms with Crippen molar-refractivity contribution in [3.8, 4) is 5.88 Å². The third-order valence-electron chi connectivity index (χ3n) is 6.81. The number of aliphatic imine (C=N–C) groups is 1. The summed E-state index contributed by atoms with van der Waals surface area (Å²) >= 11 is 0. The van der Waals surface area contributed by atoms with Crippen LogP contribution < -0.4 is 15.4 Å². The van der Waals surface area contributed by atoms with Crippen molar-refractivity contribution in [1.29, 1.82) is 0 Å². The number of likely N-dealkylation sites (N-methyl/N-ethyl adjacent to an activating group) is 1. The maximum absolute atomic E-state index is 12.4. The zero-order chi connectivity index (χ0) is 22.8. The number of pyridine rings is 1. The monoisotopic (exact) mass is 445 g/mol. The minimum absolute atomic E-state index is 0.152. The molecule has 7 nitrogen and oxygen atoms in total. The molecule has 33 heavy (non-hydrogen) atoms. The Morgan fingerprint density at radius 3 is 2.24 bits per heavy atom. The first-order valence-electron chi connectivity index (χ1n) is 11.8. The lowest BCUT2D eigenvalue weighted by Crippen LogP contribution is -2.44. The van der Waals surface area contributed by atoms with Crippen LogP contribution in [0.15, 0.2) is 52.3 Å². The molecule has 2 aromatic carbocycles. The van der Waals surface area contributed by atoms with Gasteiger partial charge in [0.05, 0.1) is 11.3 Å². The molecule has 0 radical (unpaired) electrons. The number of benzene rings is 2. The van der Waals surface area contributed by atoms with E-state index in [1.54, 1.807) is 6.21 Å². The first kappa shape index (κ1) is 21.5. The van der Waals surface area contributed by atoms with E-state index in [0.717, 1.165) is 56.0 Å². The predicted molar refractivity (Wildman–Crippen MR) is 136 cm³/mol. The van der Waals surface area contributed by atoms with Crippen LogP contribution in [0.2, 0.25) is 0 Å². The fourth-order valence-corrected chi connectivity index (χ4v) is 4.76. The zero-order valence-corrected chi connectivity index (χ0v) is 19.1. The summed E-state index contributed by atoms with van der Waals surface area (Å²) in [5, 5.41) is 11.8. The van der Waals surface area contributed by atoms with Gasteiger partial charge in [-0.25, -0.2) is 0 Å². The van der Waals surface area contributed by atoms with Crippen molar-refractivity contribution >= 4 is 34.0 Å². The smallest absolute Gasteiger partial charge is 0.258 e. The van der Waals surface area contributed by atoms with Gasteiger partial charge in [0.15, 0.2) is 0 Å². The summed E-state index contributed by atoms with van der Waals surface area (Å²) in [5.41, 5.74) is 3.33. The Balaban J connectivity index is 1.43. The van der Waals surface area contributed by atoms with E-state index in [4.69, 9.17) is 0 Å². The average molecular weight is 446 g/mol. The molecule has 0 spiro atoms. The van der Waals surface area contributed by atoms with Gasteiger partial charge in [0.25, 0.3) is 5.56 Å². The summed E-state index contributed by atoms with van der Waals surface area (Å²) in [6.45, 7) is 6.22. The number of aromatic hydroxyl groups is 1. The van der Waals surface area contributed by atoms with Crippen molar-refractivity contribution in [3.05, 3.63) is 58.4 Å². The highest BCUT2D eigenvalue weighted by Crippen LogP contribution is 2.28. The highest BCUT2D eigenvalue weighted by atomic mass is 16.3. The molecule has 3 heterocycles. The summed E-state index contributed by atoms with van der Waals surface area (Å²) in [7, 11) is 2.15. The van der Waals surface area contributed by atoms with Gasteiger partial charge in [-0.2, -0.15) is 0 Å². The quantitative estimate of drug-likeness (QED) is 0.599. The van der Waals surface area contributed by atoms with E-state index in [1.807, 2.05) is 30.3 Å². The molecule has 5 rings (SSSR count). The molecule has 0 atom stereocenters. The third-order valence-corrected chi connectivity index (χ3v) is 6.81. The standard InChI is InChI=1S/C26H31N5O2/c1-29-13-15-31(16-14-29)20-7-5-19(6-8-20)27-18-24-23-17-21(30-11-3-2-4-12-30)9-10-22(23)25(32)28-26(24)33/h5-10,17-18H,2-4,11-16H2,1H3,(H2,28,32,33). The predicted octanol–water partition coefficient (Wildman–Crippen LogP) is 3.73. The van der Waals surface area contributed by atoms with Gasteiger partial charge in [-0.05, 0) is 68.8 Å². The van der Waals surface area contributed by atoms with Crippen molar-refractivity contribution in [2.24, 2.45) is 4.99 Å². The summed E-state index contributed by atoms with van der Waals surface area (Å²) < 4.78 is 0. The highest BCUT2D eigenvalue weighted by Gasteiger charge is 2.16. The van der Waals surface area contributed by atoms with E-state index in [1.165, 1.54) is 24.9 Å². The number of piperidine rings is 1. The van der Waals surface area contributed by atoms with E-state index in [-0.39, 0.29) is 11.4 Å². The molecule has 0 saturated carbocycles. The van der Waals surface area contributed by atoms with Crippen LogP contribution in [-0.2, 0) is 0 Å².